The molecular formula is C8H14N2O4S. The van der Waals surface area contributed by atoms with Gasteiger partial charge in [-0.15, -0.1) is 0 Å². The summed E-state index contributed by atoms with van der Waals surface area (Å²) in [7, 11) is -3.66. The quantitative estimate of drug-likeness (QED) is 0.762. The monoisotopic (exact) mass is 234 g/mol. The normalized spacial score (nSPS) is 14.1. The number of aryl methyl sites for hydroxylation is 2. The van der Waals surface area contributed by atoms with Gasteiger partial charge in [0.25, 0.3) is 0 Å². The van der Waals surface area contributed by atoms with Crippen LogP contribution in [0.15, 0.2) is 9.42 Å². The molecule has 0 aliphatic heterocycles. The molecule has 1 atom stereocenters. The second-order valence-electron chi connectivity index (χ2n) is 3.36. The first kappa shape index (κ1) is 12.2. The average Bonchev–Trinajstić information content (AvgIpc) is 2.45. The molecule has 7 heteroatoms. The Morgan fingerprint density at radius 2 is 2.13 bits per heavy atom. The van der Waals surface area contributed by atoms with Crippen molar-refractivity contribution in [2.45, 2.75) is 31.7 Å². The first-order valence-corrected chi connectivity index (χ1v) is 5.93. The molecule has 0 unspecified atom stereocenters. The number of rotatable bonds is 4. The van der Waals surface area contributed by atoms with Gasteiger partial charge in [-0.1, -0.05) is 5.16 Å². The highest BCUT2D eigenvalue weighted by molar-refractivity contribution is 7.89. The molecule has 1 rings (SSSR count). The maximum atomic E-state index is 11.8. The van der Waals surface area contributed by atoms with Crippen molar-refractivity contribution in [2.24, 2.45) is 0 Å². The molecule has 1 aromatic heterocycles. The van der Waals surface area contributed by atoms with Gasteiger partial charge in [-0.3, -0.25) is 0 Å². The smallest absolute Gasteiger partial charge is 0.246 e. The van der Waals surface area contributed by atoms with E-state index in [2.05, 4.69) is 9.88 Å². The molecule has 86 valence electrons. The molecule has 0 bridgehead atoms. The molecule has 2 N–H and O–H groups in total. The highest BCUT2D eigenvalue weighted by atomic mass is 32.2. The maximum Gasteiger partial charge on any atom is 0.246 e. The number of hydrogen-bond acceptors (Lipinski definition) is 5. The van der Waals surface area contributed by atoms with E-state index in [4.69, 9.17) is 9.63 Å². The van der Waals surface area contributed by atoms with Crippen LogP contribution in [0, 0.1) is 13.8 Å². The third-order valence-corrected chi connectivity index (χ3v) is 3.70. The van der Waals surface area contributed by atoms with Crippen molar-refractivity contribution in [3.8, 4) is 0 Å². The van der Waals surface area contributed by atoms with E-state index in [0.717, 1.165) is 0 Å². The molecule has 0 fully saturated rings. The first-order valence-electron chi connectivity index (χ1n) is 4.44. The summed E-state index contributed by atoms with van der Waals surface area (Å²) in [6.07, 6.45) is 0. The zero-order valence-electron chi connectivity index (χ0n) is 8.81. The summed E-state index contributed by atoms with van der Waals surface area (Å²) in [6.45, 7) is 4.38. The van der Waals surface area contributed by atoms with Crippen LogP contribution < -0.4 is 4.72 Å². The van der Waals surface area contributed by atoms with Gasteiger partial charge < -0.3 is 9.63 Å². The predicted octanol–water partition coefficient (Wildman–Crippen LogP) is -0.0495. The van der Waals surface area contributed by atoms with Gasteiger partial charge in [0.15, 0.2) is 5.76 Å². The molecule has 0 amide bonds. The molecule has 15 heavy (non-hydrogen) atoms. The van der Waals surface area contributed by atoms with E-state index in [1.54, 1.807) is 13.8 Å². The topological polar surface area (TPSA) is 92.4 Å². The fourth-order valence-electron chi connectivity index (χ4n) is 1.22. The van der Waals surface area contributed by atoms with Gasteiger partial charge in [0.1, 0.15) is 10.6 Å². The lowest BCUT2D eigenvalue weighted by molar-refractivity contribution is 0.265. The summed E-state index contributed by atoms with van der Waals surface area (Å²) in [5.74, 6) is 0.241. The lowest BCUT2D eigenvalue weighted by Crippen LogP contribution is -2.35. The lowest BCUT2D eigenvalue weighted by Gasteiger charge is -2.10. The molecule has 0 spiro atoms. The van der Waals surface area contributed by atoms with E-state index in [9.17, 15) is 8.42 Å². The zero-order chi connectivity index (χ0) is 11.6. The maximum absolute atomic E-state index is 11.8. The number of aliphatic hydroxyl groups is 1. The van der Waals surface area contributed by atoms with Gasteiger partial charge in [-0.05, 0) is 20.8 Å². The van der Waals surface area contributed by atoms with Crippen molar-refractivity contribution >= 4 is 10.0 Å². The standard InChI is InChI=1S/C8H14N2O4S/c1-5(4-11)10-15(12,13)8-6(2)9-14-7(8)3/h5,10-11H,4H2,1-3H3/t5-/m0/s1. The molecule has 0 aliphatic carbocycles. The van der Waals surface area contributed by atoms with Crippen LogP contribution in [0.3, 0.4) is 0 Å². The number of hydrogen-bond donors (Lipinski definition) is 2. The van der Waals surface area contributed by atoms with Crippen LogP contribution in [0.25, 0.3) is 0 Å². The third kappa shape index (κ3) is 2.55. The largest absolute Gasteiger partial charge is 0.395 e. The van der Waals surface area contributed by atoms with E-state index < -0.39 is 16.1 Å². The van der Waals surface area contributed by atoms with Crippen molar-refractivity contribution in [1.29, 1.82) is 0 Å². The predicted molar refractivity (Wildman–Crippen MR) is 52.8 cm³/mol. The highest BCUT2D eigenvalue weighted by Crippen LogP contribution is 2.18. The molecule has 0 radical (unpaired) electrons. The Morgan fingerprint density at radius 3 is 2.53 bits per heavy atom. The average molecular weight is 234 g/mol. The van der Waals surface area contributed by atoms with Crippen molar-refractivity contribution < 1.29 is 18.0 Å². The molecule has 6 nitrogen and oxygen atoms in total. The molecule has 0 aromatic carbocycles. The number of nitrogens with zero attached hydrogens (tertiary/aromatic N) is 1. The molecule has 1 heterocycles. The van der Waals surface area contributed by atoms with Gasteiger partial charge in [0.05, 0.1) is 6.61 Å². The fraction of sp³-hybridized carbons (Fsp3) is 0.625. The second-order valence-corrected chi connectivity index (χ2v) is 5.01. The van der Waals surface area contributed by atoms with Gasteiger partial charge in [-0.2, -0.15) is 0 Å². The minimum atomic E-state index is -3.66. The van der Waals surface area contributed by atoms with Crippen molar-refractivity contribution in [3.63, 3.8) is 0 Å². The summed E-state index contributed by atoms with van der Waals surface area (Å²) in [6, 6.07) is -0.538. The van der Waals surface area contributed by atoms with E-state index in [0.29, 0.717) is 5.69 Å². The van der Waals surface area contributed by atoms with Crippen LogP contribution in [-0.4, -0.2) is 31.3 Å². The Morgan fingerprint density at radius 1 is 1.53 bits per heavy atom. The van der Waals surface area contributed by atoms with Gasteiger partial charge in [0, 0.05) is 6.04 Å². The number of aliphatic hydroxyl groups excluding tert-OH is 1. The SMILES string of the molecule is Cc1noc(C)c1S(=O)(=O)N[C@@H](C)CO. The minimum absolute atomic E-state index is 0.0443. The summed E-state index contributed by atoms with van der Waals surface area (Å²) in [5.41, 5.74) is 0.310. The number of aromatic nitrogens is 1. The van der Waals surface area contributed by atoms with Crippen LogP contribution in [0.2, 0.25) is 0 Å². The Bertz CT molecular complexity index is 418. The summed E-state index contributed by atoms with van der Waals surface area (Å²) < 4.78 is 30.6. The molecule has 0 saturated carbocycles. The van der Waals surface area contributed by atoms with Crippen molar-refractivity contribution in [1.82, 2.24) is 9.88 Å². The van der Waals surface area contributed by atoms with E-state index >= 15 is 0 Å². The number of nitrogens with one attached hydrogen (secondary N) is 1. The van der Waals surface area contributed by atoms with Gasteiger partial charge >= 0.3 is 0 Å². The fourth-order valence-corrected chi connectivity index (χ4v) is 2.78. The Kier molecular flexibility index (Phi) is 3.48. The van der Waals surface area contributed by atoms with Crippen LogP contribution in [0.4, 0.5) is 0 Å². The van der Waals surface area contributed by atoms with Crippen LogP contribution >= 0.6 is 0 Å². The van der Waals surface area contributed by atoms with Crippen LogP contribution in [0.1, 0.15) is 18.4 Å². The second kappa shape index (κ2) is 4.30. The van der Waals surface area contributed by atoms with Gasteiger partial charge in [0.2, 0.25) is 10.0 Å². The molecule has 1 aromatic rings. The zero-order valence-corrected chi connectivity index (χ0v) is 9.63. The van der Waals surface area contributed by atoms with Crippen molar-refractivity contribution in [3.05, 3.63) is 11.5 Å². The highest BCUT2D eigenvalue weighted by Gasteiger charge is 2.25. The lowest BCUT2D eigenvalue weighted by atomic mass is 10.4. The van der Waals surface area contributed by atoms with E-state index in [-0.39, 0.29) is 17.3 Å². The van der Waals surface area contributed by atoms with Gasteiger partial charge in [-0.25, -0.2) is 13.1 Å². The molecule has 0 saturated heterocycles. The Balaban J connectivity index is 3.07. The summed E-state index contributed by atoms with van der Waals surface area (Å²) in [4.78, 5) is 0.0443. The minimum Gasteiger partial charge on any atom is -0.395 e. The Hall–Kier alpha value is -0.920. The first-order chi connectivity index (χ1) is 6.88. The number of sulfonamides is 1. The Labute approximate surface area is 88.3 Å². The third-order valence-electron chi connectivity index (χ3n) is 1.87. The van der Waals surface area contributed by atoms with E-state index in [1.807, 2.05) is 0 Å². The van der Waals surface area contributed by atoms with Crippen LogP contribution in [0.5, 0.6) is 0 Å². The van der Waals surface area contributed by atoms with Crippen molar-refractivity contribution in [2.75, 3.05) is 6.61 Å². The molecule has 0 aliphatic rings. The molecular weight excluding hydrogens is 220 g/mol. The van der Waals surface area contributed by atoms with E-state index in [1.165, 1.54) is 6.92 Å². The van der Waals surface area contributed by atoms with Crippen LogP contribution in [-0.2, 0) is 10.0 Å². The summed E-state index contributed by atoms with van der Waals surface area (Å²) >= 11 is 0. The summed E-state index contributed by atoms with van der Waals surface area (Å²) in [5, 5.41) is 12.3.